The van der Waals surface area contributed by atoms with Crippen LogP contribution in [0.25, 0.3) is 6.08 Å². The Bertz CT molecular complexity index is 1170. The zero-order valence-electron chi connectivity index (χ0n) is 17.4. The molecule has 1 aliphatic rings. The van der Waals surface area contributed by atoms with E-state index < -0.39 is 5.91 Å². The maximum atomic E-state index is 13.2. The van der Waals surface area contributed by atoms with Crippen molar-refractivity contribution in [1.82, 2.24) is 5.32 Å². The fourth-order valence-electron chi connectivity index (χ4n) is 3.31. The number of nitrogens with one attached hydrogen (secondary N) is 1. The van der Waals surface area contributed by atoms with Crippen LogP contribution in [0.5, 0.6) is 11.5 Å². The summed E-state index contributed by atoms with van der Waals surface area (Å²) < 4.78 is 11.0. The lowest BCUT2D eigenvalue weighted by molar-refractivity contribution is -0.123. The van der Waals surface area contributed by atoms with Crippen molar-refractivity contribution in [1.29, 1.82) is 0 Å². The molecule has 0 unspecified atom stereocenters. The van der Waals surface area contributed by atoms with Gasteiger partial charge in [0, 0.05) is 11.6 Å². The first-order chi connectivity index (χ1) is 15.5. The van der Waals surface area contributed by atoms with Gasteiger partial charge in [-0.15, -0.1) is 0 Å². The van der Waals surface area contributed by atoms with E-state index in [-0.39, 0.29) is 24.8 Å². The number of ether oxygens (including phenoxy) is 2. The van der Waals surface area contributed by atoms with Gasteiger partial charge in [-0.1, -0.05) is 54.1 Å². The second-order valence-electron chi connectivity index (χ2n) is 7.11. The van der Waals surface area contributed by atoms with Gasteiger partial charge in [-0.2, -0.15) is 0 Å². The molecule has 1 aliphatic heterocycles. The lowest BCUT2D eigenvalue weighted by atomic mass is 10.1. The first-order valence-corrected chi connectivity index (χ1v) is 10.4. The predicted octanol–water partition coefficient (Wildman–Crippen LogP) is 4.43. The van der Waals surface area contributed by atoms with E-state index in [0.717, 1.165) is 11.1 Å². The van der Waals surface area contributed by atoms with E-state index in [2.05, 4.69) is 5.32 Å². The van der Waals surface area contributed by atoms with Gasteiger partial charge in [-0.25, -0.2) is 0 Å². The summed E-state index contributed by atoms with van der Waals surface area (Å²) in [5, 5.41) is 3.40. The Morgan fingerprint density at radius 2 is 1.78 bits per heavy atom. The van der Waals surface area contributed by atoms with Gasteiger partial charge in [0.25, 0.3) is 5.91 Å². The van der Waals surface area contributed by atoms with Crippen molar-refractivity contribution in [2.75, 3.05) is 18.6 Å². The number of benzene rings is 3. The second-order valence-corrected chi connectivity index (χ2v) is 7.52. The lowest BCUT2D eigenvalue weighted by Crippen LogP contribution is -2.44. The Hall–Kier alpha value is -3.77. The summed E-state index contributed by atoms with van der Waals surface area (Å²) in [6.07, 6.45) is 1.65. The van der Waals surface area contributed by atoms with Gasteiger partial charge in [-0.05, 0) is 47.5 Å². The molecule has 1 heterocycles. The molecule has 162 valence electrons. The molecule has 6 nitrogen and oxygen atoms in total. The van der Waals surface area contributed by atoms with E-state index in [4.69, 9.17) is 21.1 Å². The minimum Gasteiger partial charge on any atom is -0.497 e. The molecule has 0 saturated carbocycles. The van der Waals surface area contributed by atoms with Crippen molar-refractivity contribution in [3.63, 3.8) is 0 Å². The molecular weight excluding hydrogens is 428 g/mol. The lowest BCUT2D eigenvalue weighted by Gasteiger charge is -2.30. The molecule has 0 aromatic heterocycles. The summed E-state index contributed by atoms with van der Waals surface area (Å²) in [6.45, 7) is 0.122. The summed E-state index contributed by atoms with van der Waals surface area (Å²) in [5.41, 5.74) is 2.12. The van der Waals surface area contributed by atoms with Crippen LogP contribution in [0.15, 0.2) is 78.6 Å². The highest BCUT2D eigenvalue weighted by molar-refractivity contribution is 6.31. The van der Waals surface area contributed by atoms with Gasteiger partial charge in [0.2, 0.25) is 5.91 Å². The molecule has 0 spiro atoms. The third-order valence-electron chi connectivity index (χ3n) is 4.98. The average molecular weight is 449 g/mol. The Balaban J connectivity index is 1.54. The maximum absolute atomic E-state index is 13.2. The van der Waals surface area contributed by atoms with Crippen molar-refractivity contribution in [3.8, 4) is 11.5 Å². The van der Waals surface area contributed by atoms with Crippen LogP contribution in [0.4, 0.5) is 5.69 Å². The zero-order chi connectivity index (χ0) is 22.5. The molecule has 0 fully saturated rings. The summed E-state index contributed by atoms with van der Waals surface area (Å²) in [4.78, 5) is 27.3. The number of fused-ring (bicyclic) bond motifs is 1. The van der Waals surface area contributed by atoms with Crippen LogP contribution in [0, 0.1) is 0 Å². The molecule has 0 saturated heterocycles. The van der Waals surface area contributed by atoms with Crippen molar-refractivity contribution in [2.45, 2.75) is 6.54 Å². The van der Waals surface area contributed by atoms with Gasteiger partial charge < -0.3 is 14.8 Å². The highest BCUT2D eigenvalue weighted by atomic mass is 35.5. The summed E-state index contributed by atoms with van der Waals surface area (Å²) >= 11 is 6.16. The molecule has 0 bridgehead atoms. The molecule has 7 heteroatoms. The summed E-state index contributed by atoms with van der Waals surface area (Å²) in [7, 11) is 1.59. The molecule has 0 atom stereocenters. The Morgan fingerprint density at radius 1 is 1.06 bits per heavy atom. The summed E-state index contributed by atoms with van der Waals surface area (Å²) in [5.74, 6) is 0.648. The van der Waals surface area contributed by atoms with E-state index in [1.165, 1.54) is 4.90 Å². The Morgan fingerprint density at radius 3 is 2.53 bits per heavy atom. The van der Waals surface area contributed by atoms with Crippen LogP contribution in [0.2, 0.25) is 5.02 Å². The highest BCUT2D eigenvalue weighted by Gasteiger charge is 2.31. The van der Waals surface area contributed by atoms with Crippen LogP contribution in [-0.4, -0.2) is 25.5 Å². The minimum absolute atomic E-state index is 0.132. The molecule has 3 aromatic carbocycles. The van der Waals surface area contributed by atoms with E-state index in [0.29, 0.717) is 22.2 Å². The Labute approximate surface area is 191 Å². The normalized spacial score (nSPS) is 14.0. The van der Waals surface area contributed by atoms with Crippen molar-refractivity contribution in [3.05, 3.63) is 94.7 Å². The average Bonchev–Trinajstić information content (AvgIpc) is 2.81. The van der Waals surface area contributed by atoms with Gasteiger partial charge in [0.1, 0.15) is 12.3 Å². The Kier molecular flexibility index (Phi) is 6.42. The number of carbonyl (C=O) groups excluding carboxylic acids is 2. The topological polar surface area (TPSA) is 67.9 Å². The van der Waals surface area contributed by atoms with Crippen LogP contribution < -0.4 is 19.7 Å². The number of nitrogens with zero attached hydrogens (tertiary/aromatic N) is 1. The predicted molar refractivity (Wildman–Crippen MR) is 124 cm³/mol. The number of anilines is 1. The maximum Gasteiger partial charge on any atom is 0.294 e. The van der Waals surface area contributed by atoms with Crippen LogP contribution >= 0.6 is 11.6 Å². The zero-order valence-corrected chi connectivity index (χ0v) is 18.1. The van der Waals surface area contributed by atoms with Gasteiger partial charge >= 0.3 is 0 Å². The third kappa shape index (κ3) is 4.76. The molecule has 2 amide bonds. The van der Waals surface area contributed by atoms with Crippen molar-refractivity contribution >= 4 is 35.2 Å². The van der Waals surface area contributed by atoms with E-state index in [1.54, 1.807) is 49.6 Å². The van der Waals surface area contributed by atoms with E-state index in [9.17, 15) is 9.59 Å². The summed E-state index contributed by atoms with van der Waals surface area (Å²) in [6, 6.07) is 21.6. The number of carbonyl (C=O) groups is 2. The largest absolute Gasteiger partial charge is 0.497 e. The minimum atomic E-state index is -0.396. The van der Waals surface area contributed by atoms with Crippen molar-refractivity contribution < 1.29 is 19.1 Å². The molecule has 0 radical (unpaired) electrons. The smallest absolute Gasteiger partial charge is 0.294 e. The molecule has 32 heavy (non-hydrogen) atoms. The number of hydrogen-bond donors (Lipinski definition) is 1. The first kappa shape index (κ1) is 21.5. The SMILES string of the molecule is COc1ccc(/C=C2/Oc3ccccc3N(CC(=O)NCc3ccccc3Cl)C2=O)cc1. The quantitative estimate of drug-likeness (QED) is 0.566. The number of methoxy groups -OCH3 is 1. The number of halogens is 1. The monoisotopic (exact) mass is 448 g/mol. The number of amides is 2. The van der Waals surface area contributed by atoms with Crippen LogP contribution in [-0.2, 0) is 16.1 Å². The van der Waals surface area contributed by atoms with Crippen molar-refractivity contribution in [2.24, 2.45) is 0 Å². The van der Waals surface area contributed by atoms with E-state index >= 15 is 0 Å². The molecular formula is C25H21ClN2O4. The van der Waals surface area contributed by atoms with Gasteiger partial charge in [0.05, 0.1) is 12.8 Å². The van der Waals surface area contributed by atoms with E-state index in [1.807, 2.05) is 36.4 Å². The third-order valence-corrected chi connectivity index (χ3v) is 5.35. The van der Waals surface area contributed by atoms with Crippen LogP contribution in [0.3, 0.4) is 0 Å². The fourth-order valence-corrected chi connectivity index (χ4v) is 3.51. The molecule has 4 rings (SSSR count). The fraction of sp³-hybridized carbons (Fsp3) is 0.120. The standard InChI is InChI=1S/C25H21ClN2O4/c1-31-19-12-10-17(11-13-19)14-23-25(30)28(21-8-4-5-9-22(21)32-23)16-24(29)27-15-18-6-2-3-7-20(18)26/h2-14H,15-16H2,1H3,(H,27,29)/b23-14+. The van der Waals surface area contributed by atoms with Crippen LogP contribution in [0.1, 0.15) is 11.1 Å². The van der Waals surface area contributed by atoms with Gasteiger partial charge in [0.15, 0.2) is 11.5 Å². The van der Waals surface area contributed by atoms with Gasteiger partial charge in [-0.3, -0.25) is 14.5 Å². The highest BCUT2D eigenvalue weighted by Crippen LogP contribution is 2.35. The molecule has 3 aromatic rings. The number of para-hydroxylation sites is 2. The number of hydrogen-bond acceptors (Lipinski definition) is 4. The second kappa shape index (κ2) is 9.58. The number of rotatable bonds is 6. The first-order valence-electron chi connectivity index (χ1n) is 10.00. The molecule has 0 aliphatic carbocycles. The molecule has 1 N–H and O–H groups in total.